The average Bonchev–Trinajstić information content (AvgIpc) is 2.95. The van der Waals surface area contributed by atoms with E-state index >= 15 is 0 Å². The molecule has 0 saturated heterocycles. The van der Waals surface area contributed by atoms with Crippen LogP contribution in [0.4, 0.5) is 11.4 Å². The van der Waals surface area contributed by atoms with Gasteiger partial charge in [-0.05, 0) is 36.4 Å². The highest BCUT2D eigenvalue weighted by molar-refractivity contribution is 7.99. The number of nitrogens with zero attached hydrogens (tertiary/aromatic N) is 1. The van der Waals surface area contributed by atoms with Gasteiger partial charge in [0.2, 0.25) is 5.91 Å². The minimum Gasteiger partial charge on any atom is -0.325 e. The Labute approximate surface area is 142 Å². The number of nitrogens with one attached hydrogen (secondary N) is 3. The fourth-order valence-electron chi connectivity index (χ4n) is 2.58. The zero-order valence-electron chi connectivity index (χ0n) is 12.6. The van der Waals surface area contributed by atoms with E-state index < -0.39 is 0 Å². The normalized spacial score (nSPS) is 13.9. The van der Waals surface area contributed by atoms with Gasteiger partial charge < -0.3 is 10.6 Å². The van der Waals surface area contributed by atoms with Gasteiger partial charge in [-0.1, -0.05) is 0 Å². The lowest BCUT2D eigenvalue weighted by Gasteiger charge is -2.10. The molecule has 24 heavy (non-hydrogen) atoms. The molecule has 0 unspecified atom stereocenters. The van der Waals surface area contributed by atoms with Crippen LogP contribution in [0.1, 0.15) is 16.8 Å². The van der Waals surface area contributed by atoms with E-state index in [-0.39, 0.29) is 11.8 Å². The largest absolute Gasteiger partial charge is 0.325 e. The summed E-state index contributed by atoms with van der Waals surface area (Å²) in [7, 11) is 0. The first-order chi connectivity index (χ1) is 11.7. The number of carbonyl (C=O) groups excluding carboxylic acids is 2. The van der Waals surface area contributed by atoms with Gasteiger partial charge in [-0.2, -0.15) is 5.10 Å². The van der Waals surface area contributed by atoms with Gasteiger partial charge in [0.05, 0.1) is 17.4 Å². The number of carbonyl (C=O) groups is 2. The van der Waals surface area contributed by atoms with E-state index in [9.17, 15) is 9.59 Å². The highest BCUT2D eigenvalue weighted by atomic mass is 32.2. The Morgan fingerprint density at radius 2 is 2.12 bits per heavy atom. The predicted molar refractivity (Wildman–Crippen MR) is 94.5 cm³/mol. The molecule has 0 saturated carbocycles. The summed E-state index contributed by atoms with van der Waals surface area (Å²) in [6.45, 7) is 0. The lowest BCUT2D eigenvalue weighted by molar-refractivity contribution is -0.115. The van der Waals surface area contributed by atoms with Gasteiger partial charge in [-0.25, -0.2) is 0 Å². The molecule has 0 aliphatic carbocycles. The number of rotatable bonds is 2. The fraction of sp³-hybridized carbons (Fsp3) is 0.118. The van der Waals surface area contributed by atoms with Gasteiger partial charge in [-0.15, -0.1) is 11.8 Å². The molecule has 4 rings (SSSR count). The van der Waals surface area contributed by atoms with E-state index in [1.54, 1.807) is 30.1 Å². The van der Waals surface area contributed by atoms with Gasteiger partial charge in [-0.3, -0.25) is 14.7 Å². The molecule has 0 radical (unpaired) electrons. The summed E-state index contributed by atoms with van der Waals surface area (Å²) in [5.41, 5.74) is 2.81. The highest BCUT2D eigenvalue weighted by Gasteiger charge is 2.16. The van der Waals surface area contributed by atoms with Crippen LogP contribution in [0.15, 0.2) is 47.5 Å². The molecule has 3 aromatic rings. The number of anilines is 2. The Morgan fingerprint density at radius 1 is 1.21 bits per heavy atom. The summed E-state index contributed by atoms with van der Waals surface area (Å²) in [6.07, 6.45) is 2.19. The molecule has 2 aromatic carbocycles. The maximum absolute atomic E-state index is 12.5. The number of H-pyrrole nitrogens is 1. The number of hydrogen-bond acceptors (Lipinski definition) is 4. The first-order valence-corrected chi connectivity index (χ1v) is 8.49. The number of fused-ring (bicyclic) bond motifs is 2. The van der Waals surface area contributed by atoms with Gasteiger partial charge in [0.25, 0.3) is 5.91 Å². The fourth-order valence-corrected chi connectivity index (χ4v) is 3.52. The van der Waals surface area contributed by atoms with E-state index in [1.165, 1.54) is 0 Å². The van der Waals surface area contributed by atoms with Crippen LogP contribution in [0.3, 0.4) is 0 Å². The molecule has 1 aliphatic rings. The third-order valence-corrected chi connectivity index (χ3v) is 4.88. The zero-order valence-corrected chi connectivity index (χ0v) is 13.4. The molecule has 2 amide bonds. The maximum Gasteiger partial charge on any atom is 0.255 e. The topological polar surface area (TPSA) is 86.9 Å². The van der Waals surface area contributed by atoms with Crippen molar-refractivity contribution in [1.82, 2.24) is 10.2 Å². The molecular weight excluding hydrogens is 324 g/mol. The molecule has 120 valence electrons. The van der Waals surface area contributed by atoms with Crippen molar-refractivity contribution in [2.75, 3.05) is 16.4 Å². The lowest BCUT2D eigenvalue weighted by atomic mass is 10.1. The first kappa shape index (κ1) is 14.8. The summed E-state index contributed by atoms with van der Waals surface area (Å²) in [4.78, 5) is 25.2. The van der Waals surface area contributed by atoms with Crippen molar-refractivity contribution < 1.29 is 9.59 Å². The summed E-state index contributed by atoms with van der Waals surface area (Å²) in [6, 6.07) is 10.9. The van der Waals surface area contributed by atoms with Crippen molar-refractivity contribution in [3.8, 4) is 0 Å². The average molecular weight is 338 g/mol. The molecule has 3 N–H and O–H groups in total. The van der Waals surface area contributed by atoms with Crippen molar-refractivity contribution in [3.63, 3.8) is 0 Å². The van der Waals surface area contributed by atoms with Gasteiger partial charge in [0.15, 0.2) is 0 Å². The molecule has 0 bridgehead atoms. The smallest absolute Gasteiger partial charge is 0.255 e. The number of thioether (sulfide) groups is 1. The second-order valence-corrected chi connectivity index (χ2v) is 6.62. The predicted octanol–water partition coefficient (Wildman–Crippen LogP) is 3.25. The van der Waals surface area contributed by atoms with Gasteiger partial charge >= 0.3 is 0 Å². The standard InChI is InChI=1S/C17H14N4O2S/c22-16-5-6-24-15-4-1-10(8-14(15)20-16)17(23)19-12-2-3-13-11(7-12)9-18-21-13/h1-4,7-9H,5-6H2,(H,18,21)(H,19,23)(H,20,22). The molecule has 7 heteroatoms. The Hall–Kier alpha value is -2.80. The summed E-state index contributed by atoms with van der Waals surface area (Å²) in [5.74, 6) is 0.503. The van der Waals surface area contributed by atoms with Crippen LogP contribution in [0.2, 0.25) is 0 Å². The van der Waals surface area contributed by atoms with Crippen LogP contribution < -0.4 is 10.6 Å². The Morgan fingerprint density at radius 3 is 3.04 bits per heavy atom. The Balaban J connectivity index is 1.58. The monoisotopic (exact) mass is 338 g/mol. The van der Waals surface area contributed by atoms with E-state index in [1.807, 2.05) is 24.3 Å². The molecule has 1 aromatic heterocycles. The molecule has 6 nitrogen and oxygen atoms in total. The van der Waals surface area contributed by atoms with Crippen LogP contribution in [0.25, 0.3) is 10.9 Å². The quantitative estimate of drug-likeness (QED) is 0.669. The molecular formula is C17H14N4O2S. The van der Waals surface area contributed by atoms with E-state index in [0.29, 0.717) is 23.4 Å². The van der Waals surface area contributed by atoms with E-state index in [4.69, 9.17) is 0 Å². The SMILES string of the molecule is O=C1CCSc2ccc(C(=O)Nc3ccc4[nH]ncc4c3)cc2N1. The molecule has 0 spiro atoms. The minimum atomic E-state index is -0.218. The highest BCUT2D eigenvalue weighted by Crippen LogP contribution is 2.31. The van der Waals surface area contributed by atoms with Crippen molar-refractivity contribution >= 4 is 45.9 Å². The number of aromatic nitrogens is 2. The number of hydrogen-bond donors (Lipinski definition) is 3. The van der Waals surface area contributed by atoms with E-state index in [2.05, 4.69) is 20.8 Å². The summed E-state index contributed by atoms with van der Waals surface area (Å²) in [5, 5.41) is 13.5. The summed E-state index contributed by atoms with van der Waals surface area (Å²) < 4.78 is 0. The maximum atomic E-state index is 12.5. The van der Waals surface area contributed by atoms with Crippen molar-refractivity contribution in [2.24, 2.45) is 0 Å². The second-order valence-electron chi connectivity index (χ2n) is 5.48. The number of amides is 2. The minimum absolute atomic E-state index is 0.0239. The Bertz CT molecular complexity index is 951. The van der Waals surface area contributed by atoms with Crippen molar-refractivity contribution in [1.29, 1.82) is 0 Å². The van der Waals surface area contributed by atoms with Crippen molar-refractivity contribution in [3.05, 3.63) is 48.2 Å². The van der Waals surface area contributed by atoms with Crippen molar-refractivity contribution in [2.45, 2.75) is 11.3 Å². The van der Waals surface area contributed by atoms with Crippen LogP contribution in [-0.4, -0.2) is 27.8 Å². The van der Waals surface area contributed by atoms with Crippen LogP contribution in [0, 0.1) is 0 Å². The van der Waals surface area contributed by atoms with Crippen LogP contribution in [0.5, 0.6) is 0 Å². The number of benzene rings is 2. The van der Waals surface area contributed by atoms with Crippen LogP contribution >= 0.6 is 11.8 Å². The first-order valence-electron chi connectivity index (χ1n) is 7.50. The third kappa shape index (κ3) is 2.85. The van der Waals surface area contributed by atoms with E-state index in [0.717, 1.165) is 21.6 Å². The van der Waals surface area contributed by atoms with Crippen LogP contribution in [-0.2, 0) is 4.79 Å². The van der Waals surface area contributed by atoms with Gasteiger partial charge in [0.1, 0.15) is 0 Å². The summed E-state index contributed by atoms with van der Waals surface area (Å²) >= 11 is 1.61. The third-order valence-electron chi connectivity index (χ3n) is 3.80. The second kappa shape index (κ2) is 6.01. The Kier molecular flexibility index (Phi) is 3.70. The zero-order chi connectivity index (χ0) is 16.5. The molecule has 1 aliphatic heterocycles. The number of aromatic amines is 1. The lowest BCUT2D eigenvalue weighted by Crippen LogP contribution is -2.14. The molecule has 0 atom stereocenters. The molecule has 2 heterocycles. The van der Waals surface area contributed by atoms with Gasteiger partial charge in [0, 0.05) is 33.7 Å². The molecule has 0 fully saturated rings.